The highest BCUT2D eigenvalue weighted by Crippen LogP contribution is 2.27. The predicted octanol–water partition coefficient (Wildman–Crippen LogP) is 4.03. The lowest BCUT2D eigenvalue weighted by molar-refractivity contribution is -0.119. The standard InChI is InChI=1S/C18H21ClN4O3S/c1-11(15(24)21-17(25)20-14-5-3-2-4-6-14)27-18-23-22-16(26-18)12-7-9-13(19)10-8-12/h7-11,14H,2-6H2,1H3,(H2,20,21,24,25)/t11-/m0/s1. The van der Waals surface area contributed by atoms with Crippen molar-refractivity contribution < 1.29 is 14.0 Å². The van der Waals surface area contributed by atoms with E-state index in [9.17, 15) is 9.59 Å². The molecule has 7 nitrogen and oxygen atoms in total. The maximum Gasteiger partial charge on any atom is 0.321 e. The minimum absolute atomic E-state index is 0.146. The van der Waals surface area contributed by atoms with Gasteiger partial charge in [-0.3, -0.25) is 10.1 Å². The van der Waals surface area contributed by atoms with Crippen LogP contribution in [-0.4, -0.2) is 33.4 Å². The van der Waals surface area contributed by atoms with Crippen LogP contribution in [0, 0.1) is 0 Å². The van der Waals surface area contributed by atoms with Gasteiger partial charge in [-0.25, -0.2) is 4.79 Å². The highest BCUT2D eigenvalue weighted by molar-refractivity contribution is 8.00. The lowest BCUT2D eigenvalue weighted by Crippen LogP contribution is -2.47. The molecule has 1 aliphatic carbocycles. The van der Waals surface area contributed by atoms with E-state index in [1.807, 2.05) is 0 Å². The molecule has 9 heteroatoms. The largest absolute Gasteiger partial charge is 0.411 e. The number of amides is 3. The number of hydrogen-bond donors (Lipinski definition) is 2. The Kier molecular flexibility index (Phi) is 6.73. The number of halogens is 1. The van der Waals surface area contributed by atoms with Crippen LogP contribution >= 0.6 is 23.4 Å². The lowest BCUT2D eigenvalue weighted by atomic mass is 9.96. The SMILES string of the molecule is C[C@H](Sc1nnc(-c2ccc(Cl)cc2)o1)C(=O)NC(=O)NC1CCCCC1. The first-order valence-corrected chi connectivity index (χ1v) is 10.1. The van der Waals surface area contributed by atoms with Crippen LogP contribution in [0.15, 0.2) is 33.9 Å². The molecule has 1 saturated carbocycles. The van der Waals surface area contributed by atoms with Crippen LogP contribution in [0.1, 0.15) is 39.0 Å². The van der Waals surface area contributed by atoms with E-state index in [0.29, 0.717) is 10.9 Å². The Balaban J connectivity index is 1.50. The minimum atomic E-state index is -0.555. The third-order valence-electron chi connectivity index (χ3n) is 4.32. The third kappa shape index (κ3) is 5.71. The fourth-order valence-corrected chi connectivity index (χ4v) is 3.66. The summed E-state index contributed by atoms with van der Waals surface area (Å²) in [5, 5.41) is 13.5. The molecule has 2 N–H and O–H groups in total. The van der Waals surface area contributed by atoms with E-state index in [1.165, 1.54) is 6.42 Å². The maximum absolute atomic E-state index is 12.2. The van der Waals surface area contributed by atoms with Crippen LogP contribution in [0.2, 0.25) is 5.02 Å². The summed E-state index contributed by atoms with van der Waals surface area (Å²) < 4.78 is 5.57. The van der Waals surface area contributed by atoms with E-state index < -0.39 is 17.2 Å². The summed E-state index contributed by atoms with van der Waals surface area (Å²) in [6, 6.07) is 6.70. The van der Waals surface area contributed by atoms with Gasteiger partial charge in [0.2, 0.25) is 11.8 Å². The summed E-state index contributed by atoms with van der Waals surface area (Å²) >= 11 is 6.96. The van der Waals surface area contributed by atoms with E-state index in [0.717, 1.165) is 43.0 Å². The third-order valence-corrected chi connectivity index (χ3v) is 5.51. The average molecular weight is 409 g/mol. The summed E-state index contributed by atoms with van der Waals surface area (Å²) in [7, 11) is 0. The van der Waals surface area contributed by atoms with Gasteiger partial charge >= 0.3 is 6.03 Å². The molecule has 27 heavy (non-hydrogen) atoms. The normalized spacial score (nSPS) is 15.9. The number of carbonyl (C=O) groups is 2. The topological polar surface area (TPSA) is 97.1 Å². The maximum atomic E-state index is 12.2. The quantitative estimate of drug-likeness (QED) is 0.725. The van der Waals surface area contributed by atoms with Crippen LogP contribution in [0.3, 0.4) is 0 Å². The molecule has 1 aliphatic rings. The zero-order chi connectivity index (χ0) is 19.2. The van der Waals surface area contributed by atoms with Crippen molar-refractivity contribution in [2.24, 2.45) is 0 Å². The number of nitrogens with zero attached hydrogens (tertiary/aromatic N) is 2. The molecule has 0 radical (unpaired) electrons. The van der Waals surface area contributed by atoms with Crippen molar-refractivity contribution in [3.8, 4) is 11.5 Å². The highest BCUT2D eigenvalue weighted by Gasteiger charge is 2.22. The number of rotatable bonds is 5. The number of aromatic nitrogens is 2. The van der Waals surface area contributed by atoms with E-state index in [2.05, 4.69) is 20.8 Å². The number of thioether (sulfide) groups is 1. The van der Waals surface area contributed by atoms with Crippen molar-refractivity contribution in [2.75, 3.05) is 0 Å². The van der Waals surface area contributed by atoms with E-state index in [4.69, 9.17) is 16.0 Å². The zero-order valence-corrected chi connectivity index (χ0v) is 16.5. The predicted molar refractivity (Wildman–Crippen MR) is 104 cm³/mol. The van der Waals surface area contributed by atoms with Gasteiger partial charge in [0.15, 0.2) is 0 Å². The molecular weight excluding hydrogens is 388 g/mol. The second-order valence-corrected chi connectivity index (χ2v) is 8.17. The number of hydrogen-bond acceptors (Lipinski definition) is 6. The Bertz CT molecular complexity index is 790. The molecule has 1 fully saturated rings. The number of carbonyl (C=O) groups excluding carboxylic acids is 2. The average Bonchev–Trinajstić information content (AvgIpc) is 3.11. The van der Waals surface area contributed by atoms with Crippen molar-refractivity contribution in [3.63, 3.8) is 0 Å². The van der Waals surface area contributed by atoms with Crippen molar-refractivity contribution in [2.45, 2.75) is 55.5 Å². The number of urea groups is 1. The Labute approximate surface area is 166 Å². The highest BCUT2D eigenvalue weighted by atomic mass is 35.5. The molecule has 0 unspecified atom stereocenters. The zero-order valence-electron chi connectivity index (χ0n) is 14.9. The second kappa shape index (κ2) is 9.23. The Hall–Kier alpha value is -2.06. The second-order valence-electron chi connectivity index (χ2n) is 6.44. The van der Waals surface area contributed by atoms with Gasteiger partial charge in [0, 0.05) is 16.6 Å². The summed E-state index contributed by atoms with van der Waals surface area (Å²) in [5.41, 5.74) is 0.739. The van der Waals surface area contributed by atoms with Gasteiger partial charge in [0.05, 0.1) is 5.25 Å². The van der Waals surface area contributed by atoms with E-state index in [1.54, 1.807) is 31.2 Å². The van der Waals surface area contributed by atoms with Gasteiger partial charge in [-0.2, -0.15) is 0 Å². The van der Waals surface area contributed by atoms with Gasteiger partial charge < -0.3 is 9.73 Å². The van der Waals surface area contributed by atoms with Gasteiger partial charge in [-0.05, 0) is 44.0 Å². The number of imide groups is 1. The number of benzene rings is 1. The minimum Gasteiger partial charge on any atom is -0.411 e. The fourth-order valence-electron chi connectivity index (χ4n) is 2.85. The fraction of sp³-hybridized carbons (Fsp3) is 0.444. The summed E-state index contributed by atoms with van der Waals surface area (Å²) in [6.07, 6.45) is 5.34. The van der Waals surface area contributed by atoms with Gasteiger partial charge in [-0.1, -0.05) is 42.6 Å². The van der Waals surface area contributed by atoms with Crippen LogP contribution in [-0.2, 0) is 4.79 Å². The first-order valence-electron chi connectivity index (χ1n) is 8.89. The molecule has 0 aliphatic heterocycles. The Morgan fingerprint density at radius 1 is 1.19 bits per heavy atom. The molecule has 0 saturated heterocycles. The molecule has 1 heterocycles. The van der Waals surface area contributed by atoms with Gasteiger partial charge in [0.1, 0.15) is 0 Å². The summed E-state index contributed by atoms with van der Waals surface area (Å²) in [4.78, 5) is 24.2. The van der Waals surface area contributed by atoms with Crippen LogP contribution in [0.25, 0.3) is 11.5 Å². The van der Waals surface area contributed by atoms with Crippen LogP contribution < -0.4 is 10.6 Å². The molecule has 2 aromatic rings. The van der Waals surface area contributed by atoms with E-state index >= 15 is 0 Å². The molecule has 1 aromatic carbocycles. The monoisotopic (exact) mass is 408 g/mol. The summed E-state index contributed by atoms with van der Waals surface area (Å²) in [6.45, 7) is 1.68. The molecule has 144 valence electrons. The first kappa shape index (κ1) is 19.7. The van der Waals surface area contributed by atoms with Gasteiger partial charge in [-0.15, -0.1) is 10.2 Å². The van der Waals surface area contributed by atoms with E-state index in [-0.39, 0.29) is 11.3 Å². The molecule has 0 spiro atoms. The smallest absolute Gasteiger partial charge is 0.321 e. The van der Waals surface area contributed by atoms with Crippen molar-refractivity contribution >= 4 is 35.3 Å². The molecular formula is C18H21ClN4O3S. The van der Waals surface area contributed by atoms with Crippen molar-refractivity contribution in [3.05, 3.63) is 29.3 Å². The van der Waals surface area contributed by atoms with Crippen LogP contribution in [0.5, 0.6) is 0 Å². The first-order chi connectivity index (χ1) is 13.0. The molecule has 3 amide bonds. The molecule has 0 bridgehead atoms. The molecule has 3 rings (SSSR count). The number of nitrogens with one attached hydrogen (secondary N) is 2. The Morgan fingerprint density at radius 2 is 1.89 bits per heavy atom. The van der Waals surface area contributed by atoms with Crippen molar-refractivity contribution in [1.29, 1.82) is 0 Å². The van der Waals surface area contributed by atoms with Gasteiger partial charge in [0.25, 0.3) is 5.22 Å². The lowest BCUT2D eigenvalue weighted by Gasteiger charge is -2.22. The van der Waals surface area contributed by atoms with Crippen molar-refractivity contribution in [1.82, 2.24) is 20.8 Å². The summed E-state index contributed by atoms with van der Waals surface area (Å²) in [5.74, 6) is -0.0589. The van der Waals surface area contributed by atoms with Crippen LogP contribution in [0.4, 0.5) is 4.79 Å². The molecule has 1 aromatic heterocycles. The Morgan fingerprint density at radius 3 is 2.59 bits per heavy atom. The molecule has 1 atom stereocenters.